The molecule has 0 saturated heterocycles. The summed E-state index contributed by atoms with van der Waals surface area (Å²) < 4.78 is 0. The molecule has 20 heavy (non-hydrogen) atoms. The average Bonchev–Trinajstić information content (AvgIpc) is 2.37. The van der Waals surface area contributed by atoms with Gasteiger partial charge in [-0.05, 0) is 43.9 Å². The van der Waals surface area contributed by atoms with Crippen molar-refractivity contribution in [2.24, 2.45) is 11.8 Å². The van der Waals surface area contributed by atoms with Gasteiger partial charge in [-0.3, -0.25) is 4.98 Å². The van der Waals surface area contributed by atoms with Gasteiger partial charge in [0, 0.05) is 31.5 Å². The standard InChI is InChI=1S/C17H31N3/c1-13(2)9-15(5)20(6)17-7-8-19-16(10-17)12-18-11-14(3)4/h7-8,10,13-15,18H,9,11-12H2,1-6H3. The predicted molar refractivity (Wildman–Crippen MR) is 88.1 cm³/mol. The first-order chi connectivity index (χ1) is 9.40. The highest BCUT2D eigenvalue weighted by Crippen LogP contribution is 2.19. The normalized spacial score (nSPS) is 13.0. The first-order valence-electron chi connectivity index (χ1n) is 7.78. The maximum Gasteiger partial charge on any atom is 0.0562 e. The van der Waals surface area contributed by atoms with Gasteiger partial charge in [0.1, 0.15) is 0 Å². The molecule has 0 aliphatic rings. The van der Waals surface area contributed by atoms with Gasteiger partial charge in [0.25, 0.3) is 0 Å². The number of rotatable bonds is 8. The fourth-order valence-electron chi connectivity index (χ4n) is 2.37. The first kappa shape index (κ1) is 17.0. The molecule has 1 N–H and O–H groups in total. The zero-order valence-electron chi connectivity index (χ0n) is 14.0. The molecule has 1 heterocycles. The lowest BCUT2D eigenvalue weighted by Gasteiger charge is -2.28. The van der Waals surface area contributed by atoms with Crippen LogP contribution in [-0.2, 0) is 6.54 Å². The summed E-state index contributed by atoms with van der Waals surface area (Å²) in [6, 6.07) is 4.85. The highest BCUT2D eigenvalue weighted by Gasteiger charge is 2.12. The topological polar surface area (TPSA) is 28.2 Å². The van der Waals surface area contributed by atoms with E-state index in [0.717, 1.165) is 24.7 Å². The molecular formula is C17H31N3. The SMILES string of the molecule is CC(C)CNCc1cc(N(C)C(C)CC(C)C)ccn1. The molecule has 1 atom stereocenters. The van der Waals surface area contributed by atoms with Gasteiger partial charge in [-0.2, -0.15) is 0 Å². The van der Waals surface area contributed by atoms with Gasteiger partial charge >= 0.3 is 0 Å². The molecule has 3 heteroatoms. The van der Waals surface area contributed by atoms with Crippen LogP contribution in [0.25, 0.3) is 0 Å². The Morgan fingerprint density at radius 1 is 1.15 bits per heavy atom. The summed E-state index contributed by atoms with van der Waals surface area (Å²) >= 11 is 0. The lowest BCUT2D eigenvalue weighted by Crippen LogP contribution is -2.30. The van der Waals surface area contributed by atoms with Gasteiger partial charge in [-0.25, -0.2) is 0 Å². The molecule has 1 aromatic heterocycles. The fourth-order valence-corrected chi connectivity index (χ4v) is 2.37. The molecule has 0 saturated carbocycles. The summed E-state index contributed by atoms with van der Waals surface area (Å²) in [6.45, 7) is 13.2. The number of aromatic nitrogens is 1. The summed E-state index contributed by atoms with van der Waals surface area (Å²) in [5.74, 6) is 1.40. The third-order valence-corrected chi connectivity index (χ3v) is 3.54. The number of hydrogen-bond acceptors (Lipinski definition) is 3. The fraction of sp³-hybridized carbons (Fsp3) is 0.706. The minimum atomic E-state index is 0.550. The molecule has 0 fully saturated rings. The van der Waals surface area contributed by atoms with Crippen molar-refractivity contribution in [3.05, 3.63) is 24.0 Å². The Bertz CT molecular complexity index is 388. The summed E-state index contributed by atoms with van der Waals surface area (Å²) in [4.78, 5) is 6.80. The highest BCUT2D eigenvalue weighted by atomic mass is 15.1. The van der Waals surface area contributed by atoms with Gasteiger partial charge in [-0.1, -0.05) is 27.7 Å². The maximum atomic E-state index is 4.45. The van der Waals surface area contributed by atoms with Crippen LogP contribution in [0.15, 0.2) is 18.3 Å². The third kappa shape index (κ3) is 5.91. The van der Waals surface area contributed by atoms with E-state index in [2.05, 4.69) is 69.0 Å². The Morgan fingerprint density at radius 2 is 1.85 bits per heavy atom. The van der Waals surface area contributed by atoms with E-state index in [-0.39, 0.29) is 0 Å². The Hall–Kier alpha value is -1.09. The molecule has 0 amide bonds. The number of nitrogens with zero attached hydrogens (tertiary/aromatic N) is 2. The van der Waals surface area contributed by atoms with Crippen molar-refractivity contribution in [3.8, 4) is 0 Å². The van der Waals surface area contributed by atoms with Crippen LogP contribution >= 0.6 is 0 Å². The smallest absolute Gasteiger partial charge is 0.0562 e. The lowest BCUT2D eigenvalue weighted by molar-refractivity contribution is 0.503. The van der Waals surface area contributed by atoms with E-state index in [1.807, 2.05) is 6.20 Å². The summed E-state index contributed by atoms with van der Waals surface area (Å²) in [5, 5.41) is 3.45. The van der Waals surface area contributed by atoms with Gasteiger partial charge in [0.2, 0.25) is 0 Å². The van der Waals surface area contributed by atoms with E-state index in [4.69, 9.17) is 0 Å². The van der Waals surface area contributed by atoms with Gasteiger partial charge < -0.3 is 10.2 Å². The molecule has 0 spiro atoms. The summed E-state index contributed by atoms with van der Waals surface area (Å²) in [7, 11) is 2.17. The van der Waals surface area contributed by atoms with Crippen LogP contribution in [-0.4, -0.2) is 24.6 Å². The van der Waals surface area contributed by atoms with Gasteiger partial charge in [0.05, 0.1) is 5.69 Å². The van der Waals surface area contributed by atoms with Crippen molar-refractivity contribution in [2.75, 3.05) is 18.5 Å². The molecular weight excluding hydrogens is 246 g/mol. The Labute approximate surface area is 124 Å². The molecule has 0 aromatic carbocycles. The minimum Gasteiger partial charge on any atom is -0.372 e. The number of anilines is 1. The highest BCUT2D eigenvalue weighted by molar-refractivity contribution is 5.46. The monoisotopic (exact) mass is 277 g/mol. The zero-order chi connectivity index (χ0) is 15.1. The summed E-state index contributed by atoms with van der Waals surface area (Å²) in [6.07, 6.45) is 3.13. The van der Waals surface area contributed by atoms with Crippen molar-refractivity contribution >= 4 is 5.69 Å². The van der Waals surface area contributed by atoms with E-state index in [0.29, 0.717) is 12.0 Å². The molecule has 114 valence electrons. The third-order valence-electron chi connectivity index (χ3n) is 3.54. The zero-order valence-corrected chi connectivity index (χ0v) is 14.0. The van der Waals surface area contributed by atoms with Crippen LogP contribution in [0.4, 0.5) is 5.69 Å². The molecule has 1 unspecified atom stereocenters. The van der Waals surface area contributed by atoms with Crippen LogP contribution < -0.4 is 10.2 Å². The second-order valence-electron chi connectivity index (χ2n) is 6.62. The average molecular weight is 277 g/mol. The van der Waals surface area contributed by atoms with E-state index < -0.39 is 0 Å². The van der Waals surface area contributed by atoms with Crippen LogP contribution in [0.5, 0.6) is 0 Å². The molecule has 0 radical (unpaired) electrons. The second-order valence-corrected chi connectivity index (χ2v) is 6.62. The minimum absolute atomic E-state index is 0.550. The van der Waals surface area contributed by atoms with Crippen LogP contribution in [0.2, 0.25) is 0 Å². The van der Waals surface area contributed by atoms with Crippen molar-refractivity contribution in [3.63, 3.8) is 0 Å². The molecule has 3 nitrogen and oxygen atoms in total. The second kappa shape index (κ2) is 8.25. The van der Waals surface area contributed by atoms with Crippen molar-refractivity contribution in [1.82, 2.24) is 10.3 Å². The van der Waals surface area contributed by atoms with Crippen LogP contribution in [0.1, 0.15) is 46.7 Å². The summed E-state index contributed by atoms with van der Waals surface area (Å²) in [5.41, 5.74) is 2.38. The number of hydrogen-bond donors (Lipinski definition) is 1. The molecule has 1 aromatic rings. The number of nitrogens with one attached hydrogen (secondary N) is 1. The lowest BCUT2D eigenvalue weighted by atomic mass is 10.0. The quantitative estimate of drug-likeness (QED) is 0.785. The van der Waals surface area contributed by atoms with E-state index >= 15 is 0 Å². The van der Waals surface area contributed by atoms with E-state index in [9.17, 15) is 0 Å². The maximum absolute atomic E-state index is 4.45. The predicted octanol–water partition coefficient (Wildman–Crippen LogP) is 3.70. The largest absolute Gasteiger partial charge is 0.372 e. The van der Waals surface area contributed by atoms with Crippen molar-refractivity contribution in [2.45, 2.75) is 53.6 Å². The molecule has 1 rings (SSSR count). The Morgan fingerprint density at radius 3 is 2.45 bits per heavy atom. The first-order valence-corrected chi connectivity index (χ1v) is 7.78. The molecule has 0 bridgehead atoms. The van der Waals surface area contributed by atoms with Crippen molar-refractivity contribution < 1.29 is 0 Å². The van der Waals surface area contributed by atoms with Gasteiger partial charge in [-0.15, -0.1) is 0 Å². The Kier molecular flexibility index (Phi) is 7.00. The van der Waals surface area contributed by atoms with Crippen LogP contribution in [0.3, 0.4) is 0 Å². The number of pyridine rings is 1. The molecule has 0 aliphatic heterocycles. The van der Waals surface area contributed by atoms with E-state index in [1.165, 1.54) is 12.1 Å². The van der Waals surface area contributed by atoms with E-state index in [1.54, 1.807) is 0 Å². The van der Waals surface area contributed by atoms with Crippen LogP contribution in [0, 0.1) is 11.8 Å². The van der Waals surface area contributed by atoms with Crippen molar-refractivity contribution in [1.29, 1.82) is 0 Å². The van der Waals surface area contributed by atoms with Gasteiger partial charge in [0.15, 0.2) is 0 Å². The Balaban J connectivity index is 2.62. The molecule has 0 aliphatic carbocycles.